The van der Waals surface area contributed by atoms with E-state index in [2.05, 4.69) is 5.32 Å². The molecule has 232 valence electrons. The van der Waals surface area contributed by atoms with Gasteiger partial charge in [-0.05, 0) is 97.1 Å². The topological polar surface area (TPSA) is 133 Å². The number of nitrogens with zero attached hydrogens (tertiary/aromatic N) is 2. The third kappa shape index (κ3) is 5.85. The molecule has 10 nitrogen and oxygen atoms in total. The summed E-state index contributed by atoms with van der Waals surface area (Å²) in [5.74, 6) is 1.64. The van der Waals surface area contributed by atoms with Crippen molar-refractivity contribution in [1.29, 1.82) is 0 Å². The number of hydrogen-bond donors (Lipinski definition) is 4. The first kappa shape index (κ1) is 30.6. The Balaban J connectivity index is 1.89. The van der Waals surface area contributed by atoms with Crippen LogP contribution in [0.3, 0.4) is 0 Å². The maximum absolute atomic E-state index is 6.20. The average molecular weight is 607 g/mol. The molecule has 0 saturated heterocycles. The fourth-order valence-electron chi connectivity index (χ4n) is 5.26. The van der Waals surface area contributed by atoms with Gasteiger partial charge < -0.3 is 51.3 Å². The van der Waals surface area contributed by atoms with Gasteiger partial charge in [0.2, 0.25) is 0 Å². The zero-order valence-electron chi connectivity index (χ0n) is 26.0. The van der Waals surface area contributed by atoms with E-state index in [0.717, 1.165) is 28.4 Å². The molecular weight excluding hydrogens is 568 g/mol. The Morgan fingerprint density at radius 1 is 0.422 bits per heavy atom. The first-order valence-electron chi connectivity index (χ1n) is 14.2. The largest absolute Gasteiger partial charge is 0.491 e. The van der Waals surface area contributed by atoms with Gasteiger partial charge in [-0.2, -0.15) is 0 Å². The number of ether oxygens (including phenoxy) is 4. The molecule has 5 aromatic carbocycles. The summed E-state index contributed by atoms with van der Waals surface area (Å²) in [5.41, 5.74) is 25.4. The van der Waals surface area contributed by atoms with Gasteiger partial charge in [0.1, 0.15) is 11.4 Å². The molecule has 0 radical (unpaired) electrons. The molecule has 45 heavy (non-hydrogen) atoms. The molecule has 0 fully saturated rings. The van der Waals surface area contributed by atoms with Gasteiger partial charge in [0.05, 0.1) is 28.4 Å². The Morgan fingerprint density at radius 2 is 0.667 bits per heavy atom. The van der Waals surface area contributed by atoms with Crippen molar-refractivity contribution < 1.29 is 18.9 Å². The summed E-state index contributed by atoms with van der Waals surface area (Å²) >= 11 is 0. The molecule has 0 aliphatic rings. The summed E-state index contributed by atoms with van der Waals surface area (Å²) in [6, 6.07) is 30.5. The number of methoxy groups -OCH3 is 4. The zero-order valence-corrected chi connectivity index (χ0v) is 26.0. The van der Waals surface area contributed by atoms with Crippen molar-refractivity contribution in [3.05, 3.63) is 97.1 Å². The molecule has 0 aromatic heterocycles. The molecular formula is C35H38N6O4. The van der Waals surface area contributed by atoms with Crippen molar-refractivity contribution in [3.63, 3.8) is 0 Å². The van der Waals surface area contributed by atoms with Crippen molar-refractivity contribution in [1.82, 2.24) is 0 Å². The highest BCUT2D eigenvalue weighted by atomic mass is 16.5. The maximum Gasteiger partial charge on any atom is 0.191 e. The molecule has 0 aliphatic heterocycles. The molecule has 0 unspecified atom stereocenters. The number of rotatable bonds is 11. The molecule has 10 heteroatoms. The maximum atomic E-state index is 6.20. The Labute approximate surface area is 263 Å². The second-order valence-electron chi connectivity index (χ2n) is 10.1. The molecule has 5 aromatic rings. The first-order valence-corrected chi connectivity index (χ1v) is 14.2. The summed E-state index contributed by atoms with van der Waals surface area (Å²) in [4.78, 5) is 4.00. The SMILES string of the molecule is CNc1ccc(N(c2ccc(N)cc2)c2c(OC)c(OC)c(N(c3ccc(N)cc3)c3ccc(N)cc3)c(OC)c2OC)cc1. The Kier molecular flexibility index (Phi) is 8.94. The molecule has 5 rings (SSSR count). The lowest BCUT2D eigenvalue weighted by Gasteiger charge is -2.34. The summed E-state index contributed by atoms with van der Waals surface area (Å²) in [5, 5.41) is 3.17. The third-order valence-electron chi connectivity index (χ3n) is 7.40. The van der Waals surface area contributed by atoms with Gasteiger partial charge in [-0.1, -0.05) is 0 Å². The van der Waals surface area contributed by atoms with Crippen molar-refractivity contribution in [2.24, 2.45) is 0 Å². The van der Waals surface area contributed by atoms with Crippen LogP contribution in [0.4, 0.5) is 56.9 Å². The van der Waals surface area contributed by atoms with E-state index in [0.29, 0.717) is 51.4 Å². The fourth-order valence-corrected chi connectivity index (χ4v) is 5.26. The second-order valence-corrected chi connectivity index (χ2v) is 10.1. The molecule has 7 N–H and O–H groups in total. The van der Waals surface area contributed by atoms with Gasteiger partial charge in [-0.15, -0.1) is 0 Å². The highest BCUT2D eigenvalue weighted by Crippen LogP contribution is 2.62. The average Bonchev–Trinajstić information content (AvgIpc) is 3.07. The van der Waals surface area contributed by atoms with Crippen LogP contribution in [0.5, 0.6) is 23.0 Å². The van der Waals surface area contributed by atoms with E-state index in [1.54, 1.807) is 28.4 Å². The standard InChI is InChI=1S/C35H38N6O4/c1-39-25-12-20-29(21-13-25)41(28-18-10-24(38)11-19-28)31-34(44-4)32(42-2)30(33(43-3)35(31)45-5)40(26-14-6-22(36)7-15-26)27-16-8-23(37)9-17-27/h6-21,39H,36-38H2,1-5H3. The fraction of sp³-hybridized carbons (Fsp3) is 0.143. The van der Waals surface area contributed by atoms with Gasteiger partial charge in [0, 0.05) is 52.5 Å². The molecule has 0 saturated carbocycles. The third-order valence-corrected chi connectivity index (χ3v) is 7.40. The van der Waals surface area contributed by atoms with Crippen molar-refractivity contribution in [2.75, 3.05) is 67.8 Å². The number of benzene rings is 5. The Morgan fingerprint density at radius 3 is 0.889 bits per heavy atom. The second kappa shape index (κ2) is 13.2. The van der Waals surface area contributed by atoms with E-state index in [1.807, 2.05) is 114 Å². The minimum absolute atomic E-state index is 0.408. The lowest BCUT2D eigenvalue weighted by atomic mass is 10.1. The van der Waals surface area contributed by atoms with Gasteiger partial charge in [0.15, 0.2) is 23.0 Å². The molecule has 0 spiro atoms. The minimum atomic E-state index is 0.408. The Bertz CT molecular complexity index is 1660. The highest BCUT2D eigenvalue weighted by Gasteiger charge is 2.35. The van der Waals surface area contributed by atoms with Crippen molar-refractivity contribution in [3.8, 4) is 23.0 Å². The van der Waals surface area contributed by atoms with E-state index >= 15 is 0 Å². The monoisotopic (exact) mass is 606 g/mol. The molecule has 0 amide bonds. The van der Waals surface area contributed by atoms with Crippen LogP contribution >= 0.6 is 0 Å². The molecule has 0 heterocycles. The lowest BCUT2D eigenvalue weighted by molar-refractivity contribution is 0.332. The number of nitrogens with two attached hydrogens (primary N) is 3. The van der Waals surface area contributed by atoms with Crippen molar-refractivity contribution in [2.45, 2.75) is 0 Å². The summed E-state index contributed by atoms with van der Waals surface area (Å²) in [7, 11) is 8.26. The summed E-state index contributed by atoms with van der Waals surface area (Å²) in [6.45, 7) is 0. The van der Waals surface area contributed by atoms with Crippen LogP contribution in [0.2, 0.25) is 0 Å². The van der Waals surface area contributed by atoms with Crippen LogP contribution in [-0.4, -0.2) is 35.5 Å². The minimum Gasteiger partial charge on any atom is -0.491 e. The molecule has 0 atom stereocenters. The van der Waals surface area contributed by atoms with E-state index in [4.69, 9.17) is 36.1 Å². The highest BCUT2D eigenvalue weighted by molar-refractivity contribution is 5.97. The lowest BCUT2D eigenvalue weighted by Crippen LogP contribution is -2.17. The van der Waals surface area contributed by atoms with Gasteiger partial charge >= 0.3 is 0 Å². The number of nitrogen functional groups attached to an aromatic ring is 3. The normalized spacial score (nSPS) is 10.6. The van der Waals surface area contributed by atoms with Gasteiger partial charge in [-0.25, -0.2) is 0 Å². The van der Waals surface area contributed by atoms with E-state index in [9.17, 15) is 0 Å². The van der Waals surface area contributed by atoms with Crippen LogP contribution in [-0.2, 0) is 0 Å². The molecule has 0 aliphatic carbocycles. The van der Waals surface area contributed by atoms with Crippen LogP contribution in [0.1, 0.15) is 0 Å². The Hall–Kier alpha value is -5.90. The van der Waals surface area contributed by atoms with Crippen LogP contribution in [0.15, 0.2) is 97.1 Å². The van der Waals surface area contributed by atoms with Crippen LogP contribution < -0.4 is 51.3 Å². The first-order chi connectivity index (χ1) is 21.8. The summed E-state index contributed by atoms with van der Waals surface area (Å²) < 4.78 is 24.8. The van der Waals surface area contributed by atoms with E-state index in [-0.39, 0.29) is 0 Å². The summed E-state index contributed by atoms with van der Waals surface area (Å²) in [6.07, 6.45) is 0. The van der Waals surface area contributed by atoms with Crippen molar-refractivity contribution >= 4 is 56.9 Å². The van der Waals surface area contributed by atoms with Crippen LogP contribution in [0, 0.1) is 0 Å². The number of nitrogens with one attached hydrogen (secondary N) is 1. The van der Waals surface area contributed by atoms with Gasteiger partial charge in [-0.3, -0.25) is 0 Å². The van der Waals surface area contributed by atoms with E-state index in [1.165, 1.54) is 0 Å². The number of hydrogen-bond acceptors (Lipinski definition) is 10. The zero-order chi connectivity index (χ0) is 32.1. The number of anilines is 10. The predicted molar refractivity (Wildman–Crippen MR) is 185 cm³/mol. The smallest absolute Gasteiger partial charge is 0.191 e. The molecule has 0 bridgehead atoms. The quantitative estimate of drug-likeness (QED) is 0.112. The van der Waals surface area contributed by atoms with Crippen LogP contribution in [0.25, 0.3) is 0 Å². The van der Waals surface area contributed by atoms with E-state index < -0.39 is 0 Å². The predicted octanol–water partition coefficient (Wildman–Crippen LogP) is 7.45. The van der Waals surface area contributed by atoms with Gasteiger partial charge in [0.25, 0.3) is 0 Å².